The molecule has 0 atom stereocenters. The van der Waals surface area contributed by atoms with E-state index < -0.39 is 0 Å². The van der Waals surface area contributed by atoms with Gasteiger partial charge in [-0.25, -0.2) is 4.98 Å². The molecule has 0 radical (unpaired) electrons. The quantitative estimate of drug-likeness (QED) is 0.805. The molecule has 5 nitrogen and oxygen atoms in total. The van der Waals surface area contributed by atoms with Crippen LogP contribution < -0.4 is 5.32 Å². The molecule has 0 saturated heterocycles. The number of anilines is 1. The third-order valence-electron chi connectivity index (χ3n) is 2.89. The van der Waals surface area contributed by atoms with Crippen LogP contribution in [-0.2, 0) is 11.2 Å². The molecule has 0 saturated carbocycles. The number of carbonyl (C=O) groups excluding carboxylic acids is 1. The number of aryl methyl sites for hydroxylation is 1. The first-order valence-corrected chi connectivity index (χ1v) is 7.22. The Kier molecular flexibility index (Phi) is 3.23. The van der Waals surface area contributed by atoms with E-state index >= 15 is 0 Å². The van der Waals surface area contributed by atoms with Crippen molar-refractivity contribution in [1.29, 1.82) is 0 Å². The number of hydrogen-bond donors (Lipinski definition) is 1. The van der Waals surface area contributed by atoms with E-state index in [0.29, 0.717) is 5.82 Å². The number of imidazole rings is 1. The highest BCUT2D eigenvalue weighted by Crippen LogP contribution is 2.30. The van der Waals surface area contributed by atoms with Crippen LogP contribution in [0.2, 0.25) is 0 Å². The average Bonchev–Trinajstić information content (AvgIpc) is 2.98. The van der Waals surface area contributed by atoms with Gasteiger partial charge in [0.25, 0.3) is 0 Å². The van der Waals surface area contributed by atoms with Gasteiger partial charge >= 0.3 is 0 Å². The summed E-state index contributed by atoms with van der Waals surface area (Å²) in [6, 6.07) is 9.79. The van der Waals surface area contributed by atoms with Gasteiger partial charge in [-0.15, -0.1) is 0 Å². The third-order valence-corrected chi connectivity index (χ3v) is 3.94. The number of aromatic nitrogens is 3. The molecule has 1 N–H and O–H groups in total. The second-order valence-electron chi connectivity index (χ2n) is 4.40. The minimum absolute atomic E-state index is 0.130. The van der Waals surface area contributed by atoms with Gasteiger partial charge in [0.05, 0.1) is 0 Å². The Morgan fingerprint density at radius 2 is 2.10 bits per heavy atom. The van der Waals surface area contributed by atoms with Crippen molar-refractivity contribution in [2.45, 2.75) is 20.3 Å². The molecule has 1 amide bonds. The Balaban J connectivity index is 2.20. The van der Waals surface area contributed by atoms with Gasteiger partial charge in [-0.2, -0.15) is 9.61 Å². The predicted octanol–water partition coefficient (Wildman–Crippen LogP) is 2.98. The molecule has 1 aromatic carbocycles. The maximum absolute atomic E-state index is 11.4. The van der Waals surface area contributed by atoms with Crippen LogP contribution in [0.5, 0.6) is 0 Å². The lowest BCUT2D eigenvalue weighted by Crippen LogP contribution is -2.09. The van der Waals surface area contributed by atoms with E-state index in [-0.39, 0.29) is 5.91 Å². The van der Waals surface area contributed by atoms with Gasteiger partial charge < -0.3 is 5.32 Å². The summed E-state index contributed by atoms with van der Waals surface area (Å²) in [4.78, 5) is 16.8. The van der Waals surface area contributed by atoms with Gasteiger partial charge in [-0.1, -0.05) is 48.6 Å². The van der Waals surface area contributed by atoms with Crippen LogP contribution in [0.25, 0.3) is 16.2 Å². The van der Waals surface area contributed by atoms with Crippen LogP contribution in [0.3, 0.4) is 0 Å². The molecule has 6 heteroatoms. The topological polar surface area (TPSA) is 59.3 Å². The fourth-order valence-electron chi connectivity index (χ4n) is 2.01. The number of benzene rings is 1. The zero-order valence-corrected chi connectivity index (χ0v) is 12.1. The Labute approximate surface area is 120 Å². The molecule has 2 heterocycles. The maximum atomic E-state index is 11.4. The van der Waals surface area contributed by atoms with Crippen molar-refractivity contribution >= 4 is 28.0 Å². The molecule has 0 aliphatic rings. The first kappa shape index (κ1) is 12.8. The van der Waals surface area contributed by atoms with Crippen molar-refractivity contribution < 1.29 is 4.79 Å². The SMILES string of the molecule is CCc1nn2c(NC(C)=O)c(-c3ccccc3)nc2s1. The molecule has 0 bridgehead atoms. The molecule has 0 spiro atoms. The number of nitrogens with zero attached hydrogens (tertiary/aromatic N) is 3. The smallest absolute Gasteiger partial charge is 0.222 e. The highest BCUT2D eigenvalue weighted by Gasteiger charge is 2.18. The fourth-order valence-corrected chi connectivity index (χ4v) is 2.84. The van der Waals surface area contributed by atoms with E-state index in [0.717, 1.165) is 27.6 Å². The van der Waals surface area contributed by atoms with Crippen molar-refractivity contribution in [1.82, 2.24) is 14.6 Å². The predicted molar refractivity (Wildman–Crippen MR) is 80.0 cm³/mol. The van der Waals surface area contributed by atoms with Crippen LogP contribution in [0.4, 0.5) is 5.82 Å². The van der Waals surface area contributed by atoms with Crippen LogP contribution >= 0.6 is 11.3 Å². The number of fused-ring (bicyclic) bond motifs is 1. The molecule has 0 fully saturated rings. The van der Waals surface area contributed by atoms with E-state index in [1.54, 1.807) is 15.9 Å². The van der Waals surface area contributed by atoms with Gasteiger partial charge in [0, 0.05) is 12.5 Å². The molecular formula is C14H14N4OS. The standard InChI is InChI=1S/C14H14N4OS/c1-3-11-17-18-13(15-9(2)19)12(16-14(18)20-11)10-7-5-4-6-8-10/h4-8H,3H2,1-2H3,(H,15,19). The minimum Gasteiger partial charge on any atom is -0.309 e. The van der Waals surface area contributed by atoms with Crippen LogP contribution in [0.15, 0.2) is 30.3 Å². The molecule has 102 valence electrons. The van der Waals surface area contributed by atoms with E-state index in [1.807, 2.05) is 30.3 Å². The van der Waals surface area contributed by atoms with Crippen molar-refractivity contribution in [3.8, 4) is 11.3 Å². The fraction of sp³-hybridized carbons (Fsp3) is 0.214. The normalized spacial score (nSPS) is 10.9. The van der Waals surface area contributed by atoms with E-state index in [1.165, 1.54) is 6.92 Å². The number of amides is 1. The first-order chi connectivity index (χ1) is 9.69. The average molecular weight is 286 g/mol. The summed E-state index contributed by atoms with van der Waals surface area (Å²) < 4.78 is 1.72. The van der Waals surface area contributed by atoms with Crippen LogP contribution in [0.1, 0.15) is 18.9 Å². The first-order valence-electron chi connectivity index (χ1n) is 6.40. The van der Waals surface area contributed by atoms with Crippen molar-refractivity contribution in [2.75, 3.05) is 5.32 Å². The maximum Gasteiger partial charge on any atom is 0.222 e. The van der Waals surface area contributed by atoms with Gasteiger partial charge in [0.15, 0.2) is 5.82 Å². The van der Waals surface area contributed by atoms with Gasteiger partial charge in [-0.05, 0) is 6.42 Å². The highest BCUT2D eigenvalue weighted by atomic mass is 32.1. The van der Waals surface area contributed by atoms with E-state index in [4.69, 9.17) is 0 Å². The molecule has 2 aromatic heterocycles. The Morgan fingerprint density at radius 3 is 2.75 bits per heavy atom. The molecule has 0 aliphatic heterocycles. The van der Waals surface area contributed by atoms with Crippen LogP contribution in [0, 0.1) is 0 Å². The molecule has 3 aromatic rings. The van der Waals surface area contributed by atoms with Gasteiger partial charge in [-0.3, -0.25) is 4.79 Å². The summed E-state index contributed by atoms with van der Waals surface area (Å²) in [5, 5.41) is 8.33. The molecular weight excluding hydrogens is 272 g/mol. The van der Waals surface area contributed by atoms with Gasteiger partial charge in [0.1, 0.15) is 10.7 Å². The Morgan fingerprint density at radius 1 is 1.35 bits per heavy atom. The minimum atomic E-state index is -0.130. The Bertz CT molecular complexity index is 760. The summed E-state index contributed by atoms with van der Waals surface area (Å²) >= 11 is 1.54. The number of nitrogens with one attached hydrogen (secondary N) is 1. The summed E-state index contributed by atoms with van der Waals surface area (Å²) in [7, 11) is 0. The largest absolute Gasteiger partial charge is 0.309 e. The lowest BCUT2D eigenvalue weighted by atomic mass is 10.1. The second-order valence-corrected chi connectivity index (χ2v) is 5.44. The number of rotatable bonds is 3. The van der Waals surface area contributed by atoms with Crippen molar-refractivity contribution in [2.24, 2.45) is 0 Å². The second kappa shape index (κ2) is 5.05. The lowest BCUT2D eigenvalue weighted by molar-refractivity contribution is -0.114. The van der Waals surface area contributed by atoms with Crippen molar-refractivity contribution in [3.05, 3.63) is 35.3 Å². The summed E-state index contributed by atoms with van der Waals surface area (Å²) in [5.41, 5.74) is 1.72. The lowest BCUT2D eigenvalue weighted by Gasteiger charge is -2.03. The van der Waals surface area contributed by atoms with Crippen LogP contribution in [-0.4, -0.2) is 20.5 Å². The third kappa shape index (κ3) is 2.18. The van der Waals surface area contributed by atoms with E-state index in [2.05, 4.69) is 22.3 Å². The highest BCUT2D eigenvalue weighted by molar-refractivity contribution is 7.16. The number of carbonyl (C=O) groups is 1. The summed E-state index contributed by atoms with van der Waals surface area (Å²) in [5.74, 6) is 0.504. The van der Waals surface area contributed by atoms with E-state index in [9.17, 15) is 4.79 Å². The summed E-state index contributed by atoms with van der Waals surface area (Å²) in [6.07, 6.45) is 0.855. The zero-order chi connectivity index (χ0) is 14.1. The Hall–Kier alpha value is -2.21. The van der Waals surface area contributed by atoms with Gasteiger partial charge in [0.2, 0.25) is 10.9 Å². The summed E-state index contributed by atoms with van der Waals surface area (Å²) in [6.45, 7) is 3.54. The monoisotopic (exact) mass is 286 g/mol. The molecule has 0 unspecified atom stereocenters. The molecule has 20 heavy (non-hydrogen) atoms. The zero-order valence-electron chi connectivity index (χ0n) is 11.3. The molecule has 3 rings (SSSR count). The number of hydrogen-bond acceptors (Lipinski definition) is 4. The molecule has 0 aliphatic carbocycles. The van der Waals surface area contributed by atoms with Crippen molar-refractivity contribution in [3.63, 3.8) is 0 Å².